The standard InChI is InChI=1S/C39H46O4S5/c1-6-8-9-10-11-12-14-25-18-24-45-33(25)35-30-31(42-21-20-41-30)36(48-35)38(3,4)27-16-17-28(46-27)39(5,7-2)37-32-29(40-19-22-43-32)34(47-37)26-15-13-23-44-26/h13,15-18,23-24H,6-12,14,19-22H2,1-5H3. The van der Waals surface area contributed by atoms with Crippen LogP contribution in [-0.2, 0) is 17.3 Å². The Balaban J connectivity index is 1.21. The first kappa shape index (κ1) is 34.2. The number of thiophene rings is 5. The van der Waals surface area contributed by atoms with Crippen LogP contribution in [0.2, 0.25) is 0 Å². The van der Waals surface area contributed by atoms with E-state index in [4.69, 9.17) is 18.9 Å². The van der Waals surface area contributed by atoms with Gasteiger partial charge in [-0.15, -0.1) is 56.7 Å². The summed E-state index contributed by atoms with van der Waals surface area (Å²) in [5.74, 6) is 3.74. The molecule has 0 saturated carbocycles. The fourth-order valence-electron chi connectivity index (χ4n) is 6.75. The molecule has 0 bridgehead atoms. The van der Waals surface area contributed by atoms with E-state index >= 15 is 0 Å². The van der Waals surface area contributed by atoms with Crippen LogP contribution in [0.25, 0.3) is 19.5 Å². The second kappa shape index (κ2) is 14.5. The first-order chi connectivity index (χ1) is 23.4. The maximum absolute atomic E-state index is 6.45. The van der Waals surface area contributed by atoms with Crippen molar-refractivity contribution < 1.29 is 18.9 Å². The highest BCUT2D eigenvalue weighted by Gasteiger charge is 2.41. The van der Waals surface area contributed by atoms with Gasteiger partial charge in [-0.05, 0) is 80.6 Å². The van der Waals surface area contributed by atoms with Crippen LogP contribution in [0.4, 0.5) is 0 Å². The highest BCUT2D eigenvalue weighted by atomic mass is 32.1. The highest BCUT2D eigenvalue weighted by molar-refractivity contribution is 7.23. The third-order valence-corrected chi connectivity index (χ3v) is 16.6. The van der Waals surface area contributed by atoms with Gasteiger partial charge in [0.1, 0.15) is 26.4 Å². The van der Waals surface area contributed by atoms with Gasteiger partial charge in [0.15, 0.2) is 23.0 Å². The topological polar surface area (TPSA) is 36.9 Å². The molecule has 7 rings (SSSR count). The zero-order chi connectivity index (χ0) is 33.3. The molecule has 0 amide bonds. The summed E-state index contributed by atoms with van der Waals surface area (Å²) >= 11 is 9.24. The molecule has 5 aromatic heterocycles. The quantitative estimate of drug-likeness (QED) is 0.106. The summed E-state index contributed by atoms with van der Waals surface area (Å²) in [7, 11) is 0. The molecule has 48 heavy (non-hydrogen) atoms. The van der Waals surface area contributed by atoms with Crippen molar-refractivity contribution in [3.63, 3.8) is 0 Å². The van der Waals surface area contributed by atoms with Crippen molar-refractivity contribution in [2.75, 3.05) is 26.4 Å². The molecular weight excluding hydrogens is 693 g/mol. The molecule has 0 aromatic carbocycles. The minimum Gasteiger partial charge on any atom is -0.485 e. The molecule has 0 aliphatic carbocycles. The molecule has 256 valence electrons. The smallest absolute Gasteiger partial charge is 0.181 e. The summed E-state index contributed by atoms with van der Waals surface area (Å²) in [6.45, 7) is 14.0. The SMILES string of the molecule is CCCCCCCCc1ccsc1-c1sc(C(C)(C)c2ccc(C(C)(CC)c3sc(-c4cccs4)c4c3OCCO4)s2)c2c1OCCO2. The Morgan fingerprint density at radius 1 is 0.604 bits per heavy atom. The molecule has 1 atom stereocenters. The molecule has 0 fully saturated rings. The summed E-state index contributed by atoms with van der Waals surface area (Å²) in [5.41, 5.74) is 0.993. The Labute approximate surface area is 305 Å². The van der Waals surface area contributed by atoms with Gasteiger partial charge in [-0.1, -0.05) is 52.0 Å². The first-order valence-corrected chi connectivity index (χ1v) is 21.6. The van der Waals surface area contributed by atoms with E-state index in [1.807, 2.05) is 45.3 Å². The number of ether oxygens (including phenoxy) is 4. The van der Waals surface area contributed by atoms with Crippen molar-refractivity contribution in [3.8, 4) is 42.5 Å². The van der Waals surface area contributed by atoms with Gasteiger partial charge in [-0.3, -0.25) is 0 Å². The van der Waals surface area contributed by atoms with E-state index in [1.54, 1.807) is 11.3 Å². The van der Waals surface area contributed by atoms with Crippen LogP contribution in [0.15, 0.2) is 41.1 Å². The molecule has 2 aliphatic heterocycles. The van der Waals surface area contributed by atoms with Crippen LogP contribution in [0.1, 0.15) is 105 Å². The lowest BCUT2D eigenvalue weighted by atomic mass is 9.83. The van der Waals surface area contributed by atoms with Crippen LogP contribution in [0.3, 0.4) is 0 Å². The number of hydrogen-bond donors (Lipinski definition) is 0. The van der Waals surface area contributed by atoms with Crippen LogP contribution < -0.4 is 18.9 Å². The van der Waals surface area contributed by atoms with Gasteiger partial charge in [0.05, 0.1) is 24.4 Å². The van der Waals surface area contributed by atoms with Crippen molar-refractivity contribution in [2.24, 2.45) is 0 Å². The van der Waals surface area contributed by atoms with Crippen molar-refractivity contribution in [2.45, 2.75) is 96.8 Å². The highest BCUT2D eigenvalue weighted by Crippen LogP contribution is 2.59. The number of aryl methyl sites for hydroxylation is 1. The summed E-state index contributed by atoms with van der Waals surface area (Å²) < 4.78 is 25.5. The van der Waals surface area contributed by atoms with Crippen LogP contribution in [0.5, 0.6) is 23.0 Å². The Kier molecular flexibility index (Phi) is 10.3. The van der Waals surface area contributed by atoms with Gasteiger partial charge in [0.2, 0.25) is 0 Å². The Morgan fingerprint density at radius 2 is 1.25 bits per heavy atom. The molecule has 0 radical (unpaired) electrons. The van der Waals surface area contributed by atoms with Gasteiger partial charge in [-0.2, -0.15) is 0 Å². The van der Waals surface area contributed by atoms with E-state index < -0.39 is 0 Å². The van der Waals surface area contributed by atoms with E-state index in [-0.39, 0.29) is 10.8 Å². The monoisotopic (exact) mass is 738 g/mol. The van der Waals surface area contributed by atoms with Crippen LogP contribution in [0, 0.1) is 0 Å². The Morgan fingerprint density at radius 3 is 1.96 bits per heavy atom. The van der Waals surface area contributed by atoms with Crippen LogP contribution >= 0.6 is 56.7 Å². The molecule has 0 spiro atoms. The van der Waals surface area contributed by atoms with E-state index in [0.717, 1.165) is 35.8 Å². The predicted octanol–water partition coefficient (Wildman–Crippen LogP) is 12.8. The lowest BCUT2D eigenvalue weighted by Gasteiger charge is -2.29. The second-order valence-corrected chi connectivity index (χ2v) is 18.5. The third-order valence-electron chi connectivity index (χ3n) is 9.84. The number of hydrogen-bond acceptors (Lipinski definition) is 9. The average Bonchev–Trinajstić information content (AvgIpc) is 3.94. The maximum Gasteiger partial charge on any atom is 0.181 e. The van der Waals surface area contributed by atoms with Crippen molar-refractivity contribution in [1.82, 2.24) is 0 Å². The summed E-state index contributed by atoms with van der Waals surface area (Å²) in [5, 5.41) is 4.39. The van der Waals surface area contributed by atoms with E-state index in [0.29, 0.717) is 26.4 Å². The van der Waals surface area contributed by atoms with E-state index in [9.17, 15) is 0 Å². The minimum absolute atomic E-state index is 0.202. The number of unbranched alkanes of at least 4 members (excludes halogenated alkanes) is 5. The molecule has 1 unspecified atom stereocenters. The average molecular weight is 739 g/mol. The summed E-state index contributed by atoms with van der Waals surface area (Å²) in [4.78, 5) is 10.2. The lowest BCUT2D eigenvalue weighted by Crippen LogP contribution is -2.23. The Bertz CT molecular complexity index is 1820. The van der Waals surface area contributed by atoms with Gasteiger partial charge in [-0.25, -0.2) is 0 Å². The predicted molar refractivity (Wildman–Crippen MR) is 208 cm³/mol. The van der Waals surface area contributed by atoms with E-state index in [2.05, 4.69) is 75.7 Å². The van der Waals surface area contributed by atoms with Crippen molar-refractivity contribution in [1.29, 1.82) is 0 Å². The summed E-state index contributed by atoms with van der Waals surface area (Å²) in [6.07, 6.45) is 9.95. The van der Waals surface area contributed by atoms with Gasteiger partial charge >= 0.3 is 0 Å². The number of rotatable bonds is 14. The second-order valence-electron chi connectivity index (χ2n) is 13.5. The van der Waals surface area contributed by atoms with Gasteiger partial charge in [0.25, 0.3) is 0 Å². The van der Waals surface area contributed by atoms with Gasteiger partial charge < -0.3 is 18.9 Å². The number of fused-ring (bicyclic) bond motifs is 2. The molecule has 2 aliphatic rings. The maximum atomic E-state index is 6.45. The Hall–Kier alpha value is -2.30. The molecular formula is C39H46O4S5. The van der Waals surface area contributed by atoms with Gasteiger partial charge in [0, 0.05) is 25.5 Å². The molecule has 5 aromatic rings. The largest absolute Gasteiger partial charge is 0.485 e. The molecule has 0 N–H and O–H groups in total. The molecule has 7 heterocycles. The first-order valence-electron chi connectivity index (χ1n) is 17.4. The zero-order valence-corrected chi connectivity index (χ0v) is 32.8. The van der Waals surface area contributed by atoms with Crippen molar-refractivity contribution >= 4 is 56.7 Å². The van der Waals surface area contributed by atoms with E-state index in [1.165, 1.54) is 83.1 Å². The lowest BCUT2D eigenvalue weighted by molar-refractivity contribution is 0.171. The fraction of sp³-hybridized carbons (Fsp3) is 0.487. The molecule has 0 saturated heterocycles. The van der Waals surface area contributed by atoms with Crippen LogP contribution in [-0.4, -0.2) is 26.4 Å². The zero-order valence-electron chi connectivity index (χ0n) is 28.7. The normalized spacial score (nSPS) is 15.5. The molecule has 9 heteroatoms. The van der Waals surface area contributed by atoms with Crippen molar-refractivity contribution in [3.05, 3.63) is 66.2 Å². The summed E-state index contributed by atoms with van der Waals surface area (Å²) in [6, 6.07) is 11.3. The minimum atomic E-state index is -0.251. The third kappa shape index (κ3) is 6.27. The fourth-order valence-corrected chi connectivity index (χ4v) is 12.9. The molecule has 4 nitrogen and oxygen atoms in total.